The molecule has 0 saturated heterocycles. The van der Waals surface area contributed by atoms with Crippen molar-refractivity contribution in [1.82, 2.24) is 0 Å². The van der Waals surface area contributed by atoms with Crippen LogP contribution < -0.4 is 0 Å². The van der Waals surface area contributed by atoms with Gasteiger partial charge in [0.1, 0.15) is 42.7 Å². The van der Waals surface area contributed by atoms with Gasteiger partial charge in [0, 0.05) is 13.0 Å². The van der Waals surface area contributed by atoms with Gasteiger partial charge in [-0.2, -0.15) is 0 Å². The van der Waals surface area contributed by atoms with Crippen molar-refractivity contribution in [2.75, 3.05) is 19.8 Å². The van der Waals surface area contributed by atoms with E-state index >= 15 is 0 Å². The minimum atomic E-state index is -5.03. The van der Waals surface area contributed by atoms with Gasteiger partial charge in [0.2, 0.25) is 0 Å². The van der Waals surface area contributed by atoms with E-state index in [0.29, 0.717) is 13.0 Å². The molecule has 6 unspecified atom stereocenters. The zero-order valence-corrected chi connectivity index (χ0v) is 40.5. The highest BCUT2D eigenvalue weighted by atomic mass is 31.2. The van der Waals surface area contributed by atoms with Crippen molar-refractivity contribution in [2.45, 2.75) is 224 Å². The predicted molar refractivity (Wildman–Crippen MR) is 258 cm³/mol. The van der Waals surface area contributed by atoms with Crippen molar-refractivity contribution in [1.29, 1.82) is 0 Å². The van der Waals surface area contributed by atoms with Crippen LogP contribution in [0.4, 0.5) is 0 Å². The molecule has 0 aromatic heterocycles. The number of aliphatic hydroxyl groups excluding tert-OH is 5. The van der Waals surface area contributed by atoms with E-state index in [9.17, 15) is 39.8 Å². The van der Waals surface area contributed by atoms with Gasteiger partial charge in [-0.3, -0.25) is 13.8 Å². The van der Waals surface area contributed by atoms with Crippen LogP contribution in [0.25, 0.3) is 0 Å². The Labute approximate surface area is 387 Å². The van der Waals surface area contributed by atoms with Gasteiger partial charge < -0.3 is 39.9 Å². The quantitative estimate of drug-likeness (QED) is 0.0147. The summed E-state index contributed by atoms with van der Waals surface area (Å²) in [6, 6.07) is 0. The van der Waals surface area contributed by atoms with E-state index in [2.05, 4.69) is 86.8 Å². The first-order chi connectivity index (χ1) is 31.0. The number of phosphoric acid groups is 1. The number of aliphatic hydroxyl groups is 5. The normalized spacial score (nSPS) is 22.3. The molecule has 0 amide bonds. The lowest BCUT2D eigenvalue weighted by atomic mass is 9.85. The fourth-order valence-electron chi connectivity index (χ4n) is 7.15. The molecule has 1 saturated carbocycles. The standard InChI is InChI=1S/C51H89O12P/c1-3-5-7-9-11-13-15-17-19-20-21-22-23-24-25-26-27-28-30-32-34-36-38-40-45(52)62-44(42-60-41-39-37-35-33-31-29-18-16-14-12-10-8-6-4-2)43-61-64(58,59)63-51-49(56)47(54)46(53)48(55)50(51)57/h5,7-8,10-11,13-14,16-17,19,21-22,44,46-51,53-57H,3-4,6,9,12,15,18,20,23-43H2,1-2H3,(H,58,59)/b7-5-,10-8-,13-11-,16-14-,19-17-,22-21-. The molecule has 0 aromatic rings. The molecule has 1 rings (SSSR count). The van der Waals surface area contributed by atoms with Crippen LogP contribution in [-0.2, 0) is 27.9 Å². The number of ether oxygens (including phenoxy) is 2. The number of unbranched alkanes of at least 4 members (excludes halogenated alkanes) is 17. The number of hydrogen-bond donors (Lipinski definition) is 6. The highest BCUT2D eigenvalue weighted by Crippen LogP contribution is 2.47. The van der Waals surface area contributed by atoms with Crippen molar-refractivity contribution >= 4 is 13.8 Å². The number of phosphoric ester groups is 1. The Hall–Kier alpha value is -2.22. The van der Waals surface area contributed by atoms with Crippen LogP contribution in [0.15, 0.2) is 72.9 Å². The Bertz CT molecular complexity index is 1330. The van der Waals surface area contributed by atoms with Gasteiger partial charge >= 0.3 is 13.8 Å². The lowest BCUT2D eigenvalue weighted by Gasteiger charge is -2.41. The first-order valence-corrected chi connectivity index (χ1v) is 26.3. The topological polar surface area (TPSA) is 192 Å². The molecule has 0 bridgehead atoms. The maximum atomic E-state index is 12.8. The molecular formula is C51H89O12P. The molecule has 0 aliphatic heterocycles. The first-order valence-electron chi connectivity index (χ1n) is 24.8. The molecule has 370 valence electrons. The van der Waals surface area contributed by atoms with E-state index in [1.54, 1.807) is 0 Å². The summed E-state index contributed by atoms with van der Waals surface area (Å²) in [6.07, 6.45) is 41.1. The van der Waals surface area contributed by atoms with Gasteiger partial charge in [0.05, 0.1) is 13.2 Å². The number of rotatable bonds is 41. The summed E-state index contributed by atoms with van der Waals surface area (Å²) in [5.74, 6) is -0.489. The average Bonchev–Trinajstić information content (AvgIpc) is 3.28. The van der Waals surface area contributed by atoms with Gasteiger partial charge in [-0.05, 0) is 77.0 Å². The van der Waals surface area contributed by atoms with Crippen molar-refractivity contribution in [3.63, 3.8) is 0 Å². The smallest absolute Gasteiger partial charge is 0.457 e. The maximum absolute atomic E-state index is 12.8. The molecule has 0 radical (unpaired) electrons. The molecule has 1 aliphatic carbocycles. The van der Waals surface area contributed by atoms with E-state index in [1.165, 1.54) is 44.9 Å². The first kappa shape index (κ1) is 59.8. The zero-order chi connectivity index (χ0) is 46.9. The van der Waals surface area contributed by atoms with E-state index in [1.807, 2.05) is 0 Å². The summed E-state index contributed by atoms with van der Waals surface area (Å²) in [7, 11) is -5.03. The molecule has 64 heavy (non-hydrogen) atoms. The number of carbonyl (C=O) groups excluding carboxylic acids is 1. The molecule has 0 spiro atoms. The van der Waals surface area contributed by atoms with E-state index in [0.717, 1.165) is 109 Å². The van der Waals surface area contributed by atoms with Gasteiger partial charge in [-0.15, -0.1) is 0 Å². The molecule has 1 aliphatic rings. The summed E-state index contributed by atoms with van der Waals surface area (Å²) in [4.78, 5) is 23.2. The summed E-state index contributed by atoms with van der Waals surface area (Å²) in [5, 5.41) is 50.2. The van der Waals surface area contributed by atoms with Crippen LogP contribution in [0.5, 0.6) is 0 Å². The maximum Gasteiger partial charge on any atom is 0.472 e. The molecule has 13 heteroatoms. The fraction of sp³-hybridized carbons (Fsp3) is 0.745. The summed E-state index contributed by atoms with van der Waals surface area (Å²) >= 11 is 0. The second-order valence-electron chi connectivity index (χ2n) is 16.9. The zero-order valence-electron chi connectivity index (χ0n) is 39.6. The third kappa shape index (κ3) is 32.5. The van der Waals surface area contributed by atoms with Gasteiger partial charge in [0.15, 0.2) is 0 Å². The molecule has 1 fully saturated rings. The van der Waals surface area contributed by atoms with Crippen LogP contribution in [0, 0.1) is 0 Å². The third-order valence-corrected chi connectivity index (χ3v) is 12.0. The van der Waals surface area contributed by atoms with Crippen LogP contribution in [0.1, 0.15) is 181 Å². The molecule has 6 N–H and O–H groups in total. The number of esters is 1. The molecule has 6 atom stereocenters. The number of carbonyl (C=O) groups is 1. The third-order valence-electron chi connectivity index (χ3n) is 11.0. The Morgan fingerprint density at radius 3 is 1.41 bits per heavy atom. The Morgan fingerprint density at radius 2 is 0.922 bits per heavy atom. The molecule has 12 nitrogen and oxygen atoms in total. The van der Waals surface area contributed by atoms with Gasteiger partial charge in [-0.25, -0.2) is 4.57 Å². The average molecular weight is 925 g/mol. The Balaban J connectivity index is 2.34. The fourth-order valence-corrected chi connectivity index (χ4v) is 8.12. The van der Waals surface area contributed by atoms with E-state index < -0.39 is 63.1 Å². The van der Waals surface area contributed by atoms with Gasteiger partial charge in [0.25, 0.3) is 0 Å². The highest BCUT2D eigenvalue weighted by Gasteiger charge is 2.51. The highest BCUT2D eigenvalue weighted by molar-refractivity contribution is 7.47. The van der Waals surface area contributed by atoms with Crippen molar-refractivity contribution < 1.29 is 58.3 Å². The minimum Gasteiger partial charge on any atom is -0.457 e. The molecule has 0 heterocycles. The SMILES string of the molecule is CC/C=C\C/C=C\C/C=C\C/C=C\CCCCCCCCCCCCC(=O)OC(COCCCCCCCC/C=C\C/C=C\CCC)COP(=O)(O)OC1C(O)C(O)C(O)C(O)C1O. The summed E-state index contributed by atoms with van der Waals surface area (Å²) in [5.41, 5.74) is 0. The minimum absolute atomic E-state index is 0.0888. The van der Waals surface area contributed by atoms with Crippen molar-refractivity contribution in [3.8, 4) is 0 Å². The largest absolute Gasteiger partial charge is 0.472 e. The van der Waals surface area contributed by atoms with Crippen LogP contribution in [-0.4, -0.2) is 98.9 Å². The monoisotopic (exact) mass is 925 g/mol. The van der Waals surface area contributed by atoms with Gasteiger partial charge in [-0.1, -0.05) is 170 Å². The van der Waals surface area contributed by atoms with Crippen LogP contribution >= 0.6 is 7.82 Å². The summed E-state index contributed by atoms with van der Waals surface area (Å²) < 4.78 is 34.2. The van der Waals surface area contributed by atoms with Crippen molar-refractivity contribution in [2.24, 2.45) is 0 Å². The second kappa shape index (κ2) is 41.0. The van der Waals surface area contributed by atoms with Crippen molar-refractivity contribution in [3.05, 3.63) is 72.9 Å². The molecule has 0 aromatic carbocycles. The second-order valence-corrected chi connectivity index (χ2v) is 18.3. The van der Waals surface area contributed by atoms with Crippen LogP contribution in [0.3, 0.4) is 0 Å². The lowest BCUT2D eigenvalue weighted by molar-refractivity contribution is -0.220. The van der Waals surface area contributed by atoms with E-state index in [-0.39, 0.29) is 13.0 Å². The Kier molecular flexibility index (Phi) is 38.3. The number of allylic oxidation sites excluding steroid dienone is 12. The van der Waals surface area contributed by atoms with E-state index in [4.69, 9.17) is 18.5 Å². The summed E-state index contributed by atoms with van der Waals surface area (Å²) in [6.45, 7) is 4.05. The van der Waals surface area contributed by atoms with Crippen LogP contribution in [0.2, 0.25) is 0 Å². The lowest BCUT2D eigenvalue weighted by Crippen LogP contribution is -2.64. The predicted octanol–water partition coefficient (Wildman–Crippen LogP) is 10.8. The number of hydrogen-bond acceptors (Lipinski definition) is 11. The molecular weight excluding hydrogens is 836 g/mol. The Morgan fingerprint density at radius 1 is 0.516 bits per heavy atom.